The summed E-state index contributed by atoms with van der Waals surface area (Å²) >= 11 is 0. The maximum atomic E-state index is 12.1. The monoisotopic (exact) mass is 206 g/mol. The Kier molecular flexibility index (Phi) is 2.71. The summed E-state index contributed by atoms with van der Waals surface area (Å²) in [5, 5.41) is 0.461. The Morgan fingerprint density at radius 2 is 1.92 bits per heavy atom. The molecule has 1 nitrogen and oxygen atoms in total. The van der Waals surface area contributed by atoms with E-state index < -0.39 is 11.7 Å². The molecule has 0 aliphatic heterocycles. The largest absolute Gasteiger partial charge is 0.416 e. The summed E-state index contributed by atoms with van der Waals surface area (Å²) in [6.07, 6.45) is -3.99. The number of carbonyl (C=O) groups excluding carboxylic acids is 1. The minimum absolute atomic E-state index is 0.0415. The van der Waals surface area contributed by atoms with Gasteiger partial charge >= 0.3 is 6.18 Å². The number of carbonyl (C=O) groups is 1. The zero-order chi connectivity index (χ0) is 10.1. The van der Waals surface area contributed by atoms with Crippen LogP contribution in [-0.4, -0.2) is 6.29 Å². The summed E-state index contributed by atoms with van der Waals surface area (Å²) in [7, 11) is 2.20. The fourth-order valence-electron chi connectivity index (χ4n) is 0.853. The van der Waals surface area contributed by atoms with Crippen molar-refractivity contribution in [1.82, 2.24) is 0 Å². The molecule has 0 spiro atoms. The summed E-state index contributed by atoms with van der Waals surface area (Å²) in [6.45, 7) is 0. The number of hydrogen-bond acceptors (Lipinski definition) is 1. The van der Waals surface area contributed by atoms with Crippen molar-refractivity contribution >= 4 is 20.8 Å². The predicted octanol–water partition coefficient (Wildman–Crippen LogP) is 2.02. The lowest BCUT2D eigenvalue weighted by atomic mass is 10.1. The molecule has 13 heavy (non-hydrogen) atoms. The van der Waals surface area contributed by atoms with E-state index in [9.17, 15) is 18.0 Å². The van der Waals surface area contributed by atoms with E-state index in [0.29, 0.717) is 11.6 Å². The molecule has 0 radical (unpaired) electrons. The van der Waals surface area contributed by atoms with E-state index in [1.165, 1.54) is 6.07 Å². The number of alkyl halides is 3. The van der Waals surface area contributed by atoms with E-state index in [-0.39, 0.29) is 5.56 Å². The molecule has 70 valence electrons. The van der Waals surface area contributed by atoms with E-state index in [4.69, 9.17) is 0 Å². The zero-order valence-corrected chi connectivity index (χ0v) is 7.58. The van der Waals surface area contributed by atoms with E-state index in [1.807, 2.05) is 0 Å². The van der Waals surface area contributed by atoms with Crippen LogP contribution in [0.3, 0.4) is 0 Å². The van der Waals surface area contributed by atoms with Gasteiger partial charge in [0.15, 0.2) is 6.29 Å². The molecule has 0 saturated heterocycles. The lowest BCUT2D eigenvalue weighted by Gasteiger charge is -2.07. The van der Waals surface area contributed by atoms with Crippen LogP contribution in [0.1, 0.15) is 15.9 Å². The first-order valence-electron chi connectivity index (χ1n) is 3.37. The molecule has 0 amide bonds. The van der Waals surface area contributed by atoms with Crippen molar-refractivity contribution in [2.75, 3.05) is 0 Å². The van der Waals surface area contributed by atoms with Gasteiger partial charge in [0.2, 0.25) is 0 Å². The second-order valence-electron chi connectivity index (χ2n) is 2.46. The van der Waals surface area contributed by atoms with Gasteiger partial charge in [-0.05, 0) is 17.4 Å². The Morgan fingerprint density at radius 3 is 2.38 bits per heavy atom. The molecule has 0 aliphatic carbocycles. The lowest BCUT2D eigenvalue weighted by Crippen LogP contribution is -2.09. The highest BCUT2D eigenvalue weighted by Gasteiger charge is 2.30. The van der Waals surface area contributed by atoms with Gasteiger partial charge in [-0.25, -0.2) is 0 Å². The van der Waals surface area contributed by atoms with Gasteiger partial charge in [0, 0.05) is 5.56 Å². The minimum Gasteiger partial charge on any atom is -0.298 e. The van der Waals surface area contributed by atoms with E-state index in [2.05, 4.69) is 9.24 Å². The third-order valence-electron chi connectivity index (χ3n) is 1.54. The maximum Gasteiger partial charge on any atom is 0.416 e. The van der Waals surface area contributed by atoms with E-state index >= 15 is 0 Å². The number of halogens is 3. The summed E-state index contributed by atoms with van der Waals surface area (Å²) in [4.78, 5) is 10.3. The Labute approximate surface area is 75.1 Å². The molecular weight excluding hydrogens is 200 g/mol. The molecule has 1 aromatic carbocycles. The standard InChI is InChI=1S/C8H6F3OP/c9-8(10,11)6-1-2-7(13)5(3-6)4-12/h1-4H,13H2. The molecule has 0 saturated carbocycles. The Bertz CT molecular complexity index is 333. The molecule has 5 heteroatoms. The highest BCUT2D eigenvalue weighted by molar-refractivity contribution is 7.27. The third-order valence-corrected chi connectivity index (χ3v) is 2.07. The zero-order valence-electron chi connectivity index (χ0n) is 6.43. The second-order valence-corrected chi connectivity index (χ2v) is 3.08. The first-order valence-corrected chi connectivity index (χ1v) is 3.95. The number of aldehydes is 1. The van der Waals surface area contributed by atoms with Crippen molar-refractivity contribution < 1.29 is 18.0 Å². The molecular formula is C8H6F3OP. The molecule has 1 rings (SSSR count). The van der Waals surface area contributed by atoms with Crippen molar-refractivity contribution in [2.45, 2.75) is 6.18 Å². The number of benzene rings is 1. The summed E-state index contributed by atoms with van der Waals surface area (Å²) in [5.41, 5.74) is -0.763. The van der Waals surface area contributed by atoms with Crippen LogP contribution >= 0.6 is 9.24 Å². The van der Waals surface area contributed by atoms with E-state index in [0.717, 1.165) is 12.1 Å². The summed E-state index contributed by atoms with van der Waals surface area (Å²) < 4.78 is 36.3. The molecule has 1 aromatic rings. The van der Waals surface area contributed by atoms with Gasteiger partial charge in [0.25, 0.3) is 0 Å². The minimum atomic E-state index is -4.39. The number of hydrogen-bond donors (Lipinski definition) is 0. The first-order chi connectivity index (χ1) is 5.95. The van der Waals surface area contributed by atoms with Crippen molar-refractivity contribution in [3.8, 4) is 0 Å². The molecule has 1 unspecified atom stereocenters. The third kappa shape index (κ3) is 2.28. The molecule has 0 fully saturated rings. The van der Waals surface area contributed by atoms with Crippen LogP contribution in [-0.2, 0) is 6.18 Å². The SMILES string of the molecule is O=Cc1cc(C(F)(F)F)ccc1P. The molecule has 0 aliphatic rings. The smallest absolute Gasteiger partial charge is 0.298 e. The molecule has 0 bridgehead atoms. The van der Waals surface area contributed by atoms with Gasteiger partial charge in [0.05, 0.1) is 5.56 Å². The molecule has 0 heterocycles. The summed E-state index contributed by atoms with van der Waals surface area (Å²) in [6, 6.07) is 3.02. The van der Waals surface area contributed by atoms with Gasteiger partial charge in [-0.3, -0.25) is 4.79 Å². The average Bonchev–Trinajstić information content (AvgIpc) is 2.03. The molecule has 0 aromatic heterocycles. The van der Waals surface area contributed by atoms with Crippen LogP contribution in [0.15, 0.2) is 18.2 Å². The highest BCUT2D eigenvalue weighted by atomic mass is 31.0. The van der Waals surface area contributed by atoms with Gasteiger partial charge in [-0.2, -0.15) is 13.2 Å². The quantitative estimate of drug-likeness (QED) is 0.507. The Morgan fingerprint density at radius 1 is 1.31 bits per heavy atom. The van der Waals surface area contributed by atoms with Crippen LogP contribution in [0.2, 0.25) is 0 Å². The van der Waals surface area contributed by atoms with Gasteiger partial charge in [0.1, 0.15) is 0 Å². The normalized spacial score (nSPS) is 11.4. The van der Waals surface area contributed by atoms with Crippen LogP contribution in [0.4, 0.5) is 13.2 Å². The topological polar surface area (TPSA) is 17.1 Å². The molecule has 0 N–H and O–H groups in total. The fourth-order valence-corrected chi connectivity index (χ4v) is 1.10. The van der Waals surface area contributed by atoms with Crippen LogP contribution in [0, 0.1) is 0 Å². The van der Waals surface area contributed by atoms with Crippen LogP contribution < -0.4 is 5.30 Å². The second kappa shape index (κ2) is 3.46. The Balaban J connectivity index is 3.21. The van der Waals surface area contributed by atoms with Crippen molar-refractivity contribution in [3.63, 3.8) is 0 Å². The van der Waals surface area contributed by atoms with Gasteiger partial charge in [-0.15, -0.1) is 9.24 Å². The maximum absolute atomic E-state index is 12.1. The van der Waals surface area contributed by atoms with Crippen LogP contribution in [0.5, 0.6) is 0 Å². The van der Waals surface area contributed by atoms with Gasteiger partial charge < -0.3 is 0 Å². The first kappa shape index (κ1) is 10.2. The lowest BCUT2D eigenvalue weighted by molar-refractivity contribution is -0.137. The van der Waals surface area contributed by atoms with Crippen molar-refractivity contribution in [1.29, 1.82) is 0 Å². The Hall–Kier alpha value is -0.890. The highest BCUT2D eigenvalue weighted by Crippen LogP contribution is 2.29. The van der Waals surface area contributed by atoms with E-state index in [1.54, 1.807) is 0 Å². The average molecular weight is 206 g/mol. The number of rotatable bonds is 1. The van der Waals surface area contributed by atoms with Gasteiger partial charge in [-0.1, -0.05) is 6.07 Å². The van der Waals surface area contributed by atoms with Crippen molar-refractivity contribution in [2.24, 2.45) is 0 Å². The molecule has 1 atom stereocenters. The summed E-state index contributed by atoms with van der Waals surface area (Å²) in [5.74, 6) is 0. The predicted molar refractivity (Wildman–Crippen MR) is 46.2 cm³/mol. The van der Waals surface area contributed by atoms with Crippen LogP contribution in [0.25, 0.3) is 0 Å². The fraction of sp³-hybridized carbons (Fsp3) is 0.125. The van der Waals surface area contributed by atoms with Crippen molar-refractivity contribution in [3.05, 3.63) is 29.3 Å².